The van der Waals surface area contributed by atoms with Gasteiger partial charge in [0, 0.05) is 11.1 Å². The minimum absolute atomic E-state index is 0.392. The van der Waals surface area contributed by atoms with E-state index in [1.54, 1.807) is 0 Å². The summed E-state index contributed by atoms with van der Waals surface area (Å²) in [5.41, 5.74) is -8.40. The average Bonchev–Trinajstić information content (AvgIpc) is 2.69. The number of hydrogen-bond donors (Lipinski definition) is 0. The number of alkyl halides is 18. The highest BCUT2D eigenvalue weighted by atomic mass is 19.4. The molecule has 0 unspecified atom stereocenters. The Morgan fingerprint density at radius 1 is 0.500 bits per heavy atom. The van der Waals surface area contributed by atoms with E-state index in [2.05, 4.69) is 0 Å². The van der Waals surface area contributed by atoms with Crippen molar-refractivity contribution in [2.24, 2.45) is 0 Å². The summed E-state index contributed by atoms with van der Waals surface area (Å²) >= 11 is 0. The van der Waals surface area contributed by atoms with Crippen LogP contribution in [-0.4, -0.2) is 42.6 Å². The van der Waals surface area contributed by atoms with Crippen LogP contribution in [0.15, 0.2) is 18.2 Å². The van der Waals surface area contributed by atoms with Gasteiger partial charge in [0.05, 0.1) is 6.61 Å². The first kappa shape index (κ1) is 31.9. The van der Waals surface area contributed by atoms with Gasteiger partial charge >= 0.3 is 47.9 Å². The largest absolute Gasteiger partial charge is 0.460 e. The first-order chi connectivity index (χ1) is 15.7. The number of hydrogen-bond acceptors (Lipinski definition) is 0. The second kappa shape index (κ2) is 9.04. The molecule has 1 rings (SSSR count). The SMILES string of the molecule is [O]CCCc1c(C(F)(F)C(F)(F)C(F)(F)C(F)(F)F)cccc1C(F)(F)C(F)(F)C(F)(F)C(F)(F)F. The topological polar surface area (TPSA) is 19.9 Å². The predicted molar refractivity (Wildman–Crippen MR) is 80.0 cm³/mol. The van der Waals surface area contributed by atoms with Gasteiger partial charge in [-0.15, -0.1) is 0 Å². The van der Waals surface area contributed by atoms with Crippen LogP contribution in [0, 0.1) is 0 Å². The fraction of sp³-hybridized carbons (Fsp3) is 0.647. The maximum absolute atomic E-state index is 14.4. The summed E-state index contributed by atoms with van der Waals surface area (Å²) in [5, 5.41) is 10.6. The molecule has 36 heavy (non-hydrogen) atoms. The van der Waals surface area contributed by atoms with Crippen molar-refractivity contribution >= 4 is 0 Å². The molecule has 0 heterocycles. The van der Waals surface area contributed by atoms with Gasteiger partial charge in [-0.1, -0.05) is 18.2 Å². The van der Waals surface area contributed by atoms with E-state index in [4.69, 9.17) is 0 Å². The third-order valence-corrected chi connectivity index (χ3v) is 4.71. The van der Waals surface area contributed by atoms with Gasteiger partial charge in [-0.05, 0) is 18.4 Å². The van der Waals surface area contributed by atoms with Crippen molar-refractivity contribution in [2.45, 2.75) is 60.7 Å². The molecule has 0 aliphatic carbocycles. The maximum atomic E-state index is 14.4. The number of rotatable bonds is 9. The minimum Gasteiger partial charge on any atom is -0.237 e. The highest BCUT2D eigenvalue weighted by molar-refractivity contribution is 5.43. The summed E-state index contributed by atoms with van der Waals surface area (Å²) in [7, 11) is 0. The highest BCUT2D eigenvalue weighted by Gasteiger charge is 2.84. The summed E-state index contributed by atoms with van der Waals surface area (Å²) in [5.74, 6) is -44.1. The molecule has 1 radical (unpaired) electrons. The Balaban J connectivity index is 4.02. The van der Waals surface area contributed by atoms with E-state index in [1.165, 1.54) is 0 Å². The molecule has 0 N–H and O–H groups in total. The first-order valence-electron chi connectivity index (χ1n) is 8.79. The summed E-state index contributed by atoms with van der Waals surface area (Å²) in [6.07, 6.45) is -17.9. The zero-order valence-electron chi connectivity index (χ0n) is 16.6. The molecular weight excluding hydrogens is 562 g/mol. The molecule has 1 aromatic carbocycles. The fourth-order valence-corrected chi connectivity index (χ4v) is 2.78. The predicted octanol–water partition coefficient (Wildman–Crippen LogP) is 7.90. The van der Waals surface area contributed by atoms with Gasteiger partial charge in [0.25, 0.3) is 0 Å². The summed E-state index contributed by atoms with van der Waals surface area (Å²) in [6, 6.07) is -1.50. The molecule has 0 aliphatic heterocycles. The summed E-state index contributed by atoms with van der Waals surface area (Å²) in [6.45, 7) is -1.55. The maximum Gasteiger partial charge on any atom is 0.460 e. The third-order valence-electron chi connectivity index (χ3n) is 4.71. The smallest absolute Gasteiger partial charge is 0.237 e. The molecular formula is C17H9F18O. The van der Waals surface area contributed by atoms with Crippen molar-refractivity contribution in [3.63, 3.8) is 0 Å². The highest BCUT2D eigenvalue weighted by Crippen LogP contribution is 2.60. The van der Waals surface area contributed by atoms with Gasteiger partial charge in [-0.3, -0.25) is 0 Å². The Hall–Kier alpha value is -2.08. The van der Waals surface area contributed by atoms with E-state index >= 15 is 0 Å². The fourth-order valence-electron chi connectivity index (χ4n) is 2.78. The molecule has 0 aliphatic rings. The Morgan fingerprint density at radius 2 is 0.806 bits per heavy atom. The molecule has 0 spiro atoms. The van der Waals surface area contributed by atoms with Crippen molar-refractivity contribution in [1.82, 2.24) is 0 Å². The van der Waals surface area contributed by atoms with E-state index in [9.17, 15) is 84.1 Å². The van der Waals surface area contributed by atoms with Crippen LogP contribution in [0.2, 0.25) is 0 Å². The lowest BCUT2D eigenvalue weighted by molar-refractivity contribution is -0.400. The van der Waals surface area contributed by atoms with E-state index in [0.29, 0.717) is 0 Å². The van der Waals surface area contributed by atoms with Crippen molar-refractivity contribution in [1.29, 1.82) is 0 Å². The molecule has 209 valence electrons. The Bertz CT molecular complexity index is 858. The van der Waals surface area contributed by atoms with Gasteiger partial charge in [0.2, 0.25) is 0 Å². The van der Waals surface area contributed by atoms with Crippen molar-refractivity contribution in [2.75, 3.05) is 6.61 Å². The van der Waals surface area contributed by atoms with Crippen LogP contribution >= 0.6 is 0 Å². The minimum atomic E-state index is -7.61. The molecule has 0 saturated heterocycles. The van der Waals surface area contributed by atoms with Crippen LogP contribution in [0.3, 0.4) is 0 Å². The quantitative estimate of drug-likeness (QED) is 0.269. The van der Waals surface area contributed by atoms with Crippen LogP contribution in [0.1, 0.15) is 23.1 Å². The molecule has 0 saturated carbocycles. The summed E-state index contributed by atoms with van der Waals surface area (Å²) in [4.78, 5) is 0. The van der Waals surface area contributed by atoms with Crippen LogP contribution < -0.4 is 0 Å². The van der Waals surface area contributed by atoms with E-state index < -0.39 is 102 Å². The lowest BCUT2D eigenvalue weighted by atomic mass is 9.84. The molecule has 0 atom stereocenters. The van der Waals surface area contributed by atoms with E-state index in [0.717, 1.165) is 0 Å². The lowest BCUT2D eigenvalue weighted by Gasteiger charge is -2.37. The molecule has 0 bridgehead atoms. The molecule has 0 aromatic heterocycles. The first-order valence-corrected chi connectivity index (χ1v) is 8.79. The average molecular weight is 571 g/mol. The zero-order valence-corrected chi connectivity index (χ0v) is 16.6. The molecule has 0 amide bonds. The van der Waals surface area contributed by atoms with Crippen LogP contribution in [0.4, 0.5) is 79.0 Å². The second-order valence-corrected chi connectivity index (χ2v) is 7.08. The van der Waals surface area contributed by atoms with Gasteiger partial charge in [-0.25, -0.2) is 5.11 Å². The standard InChI is InChI=1S/C17H9F18O/c18-10(19,12(22,23)14(26,27)16(30,31)32)8-4-1-5-9(7(8)3-2-6-36)11(20,21)13(24,25)15(28,29)17(33,34)35/h1,4-5H,2-3,6H2. The van der Waals surface area contributed by atoms with Crippen LogP contribution in [0.25, 0.3) is 0 Å². The van der Waals surface area contributed by atoms with Gasteiger partial charge in [0.1, 0.15) is 0 Å². The normalized spacial score (nSPS) is 15.4. The van der Waals surface area contributed by atoms with Gasteiger partial charge in [0.15, 0.2) is 0 Å². The van der Waals surface area contributed by atoms with Crippen LogP contribution in [-0.2, 0) is 23.4 Å². The Kier molecular flexibility index (Phi) is 8.02. The van der Waals surface area contributed by atoms with Gasteiger partial charge in [-0.2, -0.15) is 79.0 Å². The lowest BCUT2D eigenvalue weighted by Crippen LogP contribution is -2.60. The third kappa shape index (κ3) is 4.55. The Labute approximate surface area is 187 Å². The van der Waals surface area contributed by atoms with Gasteiger partial charge < -0.3 is 0 Å². The molecule has 0 fully saturated rings. The number of halogens is 18. The molecule has 1 aromatic rings. The van der Waals surface area contributed by atoms with Crippen molar-refractivity contribution in [3.8, 4) is 0 Å². The zero-order chi connectivity index (χ0) is 29.0. The summed E-state index contributed by atoms with van der Waals surface area (Å²) < 4.78 is 239. The second-order valence-electron chi connectivity index (χ2n) is 7.08. The molecule has 1 nitrogen and oxygen atoms in total. The molecule has 19 heteroatoms. The van der Waals surface area contributed by atoms with Crippen LogP contribution in [0.5, 0.6) is 0 Å². The van der Waals surface area contributed by atoms with E-state index in [1.807, 2.05) is 0 Å². The van der Waals surface area contributed by atoms with Crippen molar-refractivity contribution < 1.29 is 84.1 Å². The van der Waals surface area contributed by atoms with Crippen molar-refractivity contribution in [3.05, 3.63) is 34.9 Å². The number of benzene rings is 1. The van der Waals surface area contributed by atoms with E-state index in [-0.39, 0.29) is 0 Å². The monoisotopic (exact) mass is 571 g/mol. The Morgan fingerprint density at radius 3 is 1.06 bits per heavy atom.